The van der Waals surface area contributed by atoms with E-state index < -0.39 is 0 Å². The summed E-state index contributed by atoms with van der Waals surface area (Å²) >= 11 is 0. The number of hydrogen-bond donors (Lipinski definition) is 0. The fourth-order valence-corrected chi connectivity index (χ4v) is 2.36. The van der Waals surface area contributed by atoms with E-state index in [1.807, 2.05) is 13.8 Å². The molecule has 2 atom stereocenters. The Bertz CT molecular complexity index is 378. The van der Waals surface area contributed by atoms with E-state index in [0.29, 0.717) is 52.5 Å². The van der Waals surface area contributed by atoms with Gasteiger partial charge in [0.05, 0.1) is 51.5 Å². The molecule has 0 aliphatic heterocycles. The third-order valence-corrected chi connectivity index (χ3v) is 4.22. The smallest absolute Gasteiger partial charge is 0.308 e. The molecule has 0 saturated heterocycles. The molecule has 0 radical (unpaired) electrons. The maximum atomic E-state index is 12.0. The molecule has 8 heteroatoms. The monoisotopic (exact) mass is 434 g/mol. The predicted molar refractivity (Wildman–Crippen MR) is 113 cm³/mol. The maximum Gasteiger partial charge on any atom is 0.308 e. The SMILES string of the molecule is CCCOCCOCCOC(=O)C(C)CCC(C)C(=O)OCCOCCOCCC. The molecule has 0 amide bonds. The number of rotatable bonds is 21. The Labute approximate surface area is 181 Å². The Morgan fingerprint density at radius 2 is 0.833 bits per heavy atom. The average molecular weight is 435 g/mol. The standard InChI is InChI=1S/C22H42O8/c1-5-9-25-11-13-27-15-17-29-21(23)19(3)7-8-20(4)22(24)30-18-16-28-14-12-26-10-6-2/h19-20H,5-18H2,1-4H3. The first kappa shape index (κ1) is 28.8. The molecule has 0 aromatic heterocycles. The molecule has 0 bridgehead atoms. The van der Waals surface area contributed by atoms with E-state index in [1.165, 1.54) is 0 Å². The molecule has 0 rings (SSSR count). The number of carbonyl (C=O) groups excluding carboxylic acids is 2. The minimum atomic E-state index is -0.278. The van der Waals surface area contributed by atoms with Crippen LogP contribution in [0.4, 0.5) is 0 Å². The van der Waals surface area contributed by atoms with Gasteiger partial charge in [0, 0.05) is 13.2 Å². The van der Waals surface area contributed by atoms with Gasteiger partial charge < -0.3 is 28.4 Å². The molecule has 0 aromatic carbocycles. The van der Waals surface area contributed by atoms with Crippen molar-refractivity contribution in [1.29, 1.82) is 0 Å². The van der Waals surface area contributed by atoms with Gasteiger partial charge in [0.25, 0.3) is 0 Å². The van der Waals surface area contributed by atoms with Crippen molar-refractivity contribution >= 4 is 11.9 Å². The zero-order valence-corrected chi connectivity index (χ0v) is 19.3. The van der Waals surface area contributed by atoms with E-state index in [2.05, 4.69) is 0 Å². The van der Waals surface area contributed by atoms with Crippen molar-refractivity contribution in [3.8, 4) is 0 Å². The van der Waals surface area contributed by atoms with Gasteiger partial charge in [-0.05, 0) is 25.7 Å². The minimum absolute atomic E-state index is 0.220. The molecule has 0 fully saturated rings. The van der Waals surface area contributed by atoms with E-state index in [-0.39, 0.29) is 37.0 Å². The van der Waals surface area contributed by atoms with Crippen molar-refractivity contribution in [2.24, 2.45) is 11.8 Å². The largest absolute Gasteiger partial charge is 0.463 e. The first-order valence-corrected chi connectivity index (χ1v) is 11.2. The second-order valence-corrected chi connectivity index (χ2v) is 7.16. The third-order valence-electron chi connectivity index (χ3n) is 4.22. The van der Waals surface area contributed by atoms with Gasteiger partial charge in [-0.15, -0.1) is 0 Å². The third kappa shape index (κ3) is 17.6. The summed E-state index contributed by atoms with van der Waals surface area (Å²) in [7, 11) is 0. The molecule has 0 saturated carbocycles. The zero-order valence-electron chi connectivity index (χ0n) is 19.3. The molecule has 0 spiro atoms. The number of ether oxygens (including phenoxy) is 6. The molecule has 0 heterocycles. The average Bonchev–Trinajstić information content (AvgIpc) is 2.75. The summed E-state index contributed by atoms with van der Waals surface area (Å²) in [6.45, 7) is 12.4. The number of esters is 2. The van der Waals surface area contributed by atoms with Crippen LogP contribution >= 0.6 is 0 Å². The van der Waals surface area contributed by atoms with Gasteiger partial charge in [-0.25, -0.2) is 0 Å². The highest BCUT2D eigenvalue weighted by Gasteiger charge is 2.19. The number of carbonyl (C=O) groups is 2. The quantitative estimate of drug-likeness (QED) is 0.201. The molecule has 0 aliphatic rings. The van der Waals surface area contributed by atoms with Crippen LogP contribution in [-0.4, -0.2) is 78.0 Å². The summed E-state index contributed by atoms with van der Waals surface area (Å²) < 4.78 is 31.7. The first-order chi connectivity index (χ1) is 14.5. The molecule has 30 heavy (non-hydrogen) atoms. The van der Waals surface area contributed by atoms with Gasteiger partial charge in [-0.3, -0.25) is 9.59 Å². The predicted octanol–water partition coefficient (Wildman–Crippen LogP) is 3.01. The van der Waals surface area contributed by atoms with Crippen molar-refractivity contribution in [1.82, 2.24) is 0 Å². The second kappa shape index (κ2) is 21.0. The van der Waals surface area contributed by atoms with Crippen LogP contribution in [0.5, 0.6) is 0 Å². The Morgan fingerprint density at radius 3 is 1.17 bits per heavy atom. The summed E-state index contributed by atoms with van der Waals surface area (Å²) in [5.41, 5.74) is 0. The molecular weight excluding hydrogens is 392 g/mol. The van der Waals surface area contributed by atoms with Crippen LogP contribution in [0.2, 0.25) is 0 Å². The lowest BCUT2D eigenvalue weighted by atomic mass is 9.98. The normalized spacial score (nSPS) is 13.1. The molecule has 8 nitrogen and oxygen atoms in total. The lowest BCUT2D eigenvalue weighted by Gasteiger charge is -2.15. The van der Waals surface area contributed by atoms with E-state index in [4.69, 9.17) is 28.4 Å². The van der Waals surface area contributed by atoms with Crippen LogP contribution in [0.1, 0.15) is 53.4 Å². The van der Waals surface area contributed by atoms with E-state index in [1.54, 1.807) is 13.8 Å². The van der Waals surface area contributed by atoms with Gasteiger partial charge in [0.2, 0.25) is 0 Å². The van der Waals surface area contributed by atoms with Crippen molar-refractivity contribution < 1.29 is 38.0 Å². The number of hydrogen-bond acceptors (Lipinski definition) is 8. The van der Waals surface area contributed by atoms with Gasteiger partial charge >= 0.3 is 11.9 Å². The molecule has 0 N–H and O–H groups in total. The molecule has 0 aliphatic carbocycles. The van der Waals surface area contributed by atoms with Crippen LogP contribution in [0.3, 0.4) is 0 Å². The van der Waals surface area contributed by atoms with Crippen molar-refractivity contribution in [3.05, 3.63) is 0 Å². The van der Waals surface area contributed by atoms with Crippen LogP contribution in [0.25, 0.3) is 0 Å². The summed E-state index contributed by atoms with van der Waals surface area (Å²) in [4.78, 5) is 24.0. The fourth-order valence-electron chi connectivity index (χ4n) is 2.36. The van der Waals surface area contributed by atoms with Gasteiger partial charge in [-0.2, -0.15) is 0 Å². The summed E-state index contributed by atoms with van der Waals surface area (Å²) in [5.74, 6) is -1.11. The highest BCUT2D eigenvalue weighted by atomic mass is 16.6. The Balaban J connectivity index is 3.66. The summed E-state index contributed by atoms with van der Waals surface area (Å²) in [6, 6.07) is 0. The van der Waals surface area contributed by atoms with Crippen LogP contribution in [-0.2, 0) is 38.0 Å². The van der Waals surface area contributed by atoms with E-state index in [9.17, 15) is 9.59 Å². The van der Waals surface area contributed by atoms with Crippen molar-refractivity contribution in [2.45, 2.75) is 53.4 Å². The summed E-state index contributed by atoms with van der Waals surface area (Å²) in [6.07, 6.45) is 3.09. The van der Waals surface area contributed by atoms with Crippen LogP contribution < -0.4 is 0 Å². The molecule has 2 unspecified atom stereocenters. The first-order valence-electron chi connectivity index (χ1n) is 11.2. The van der Waals surface area contributed by atoms with Crippen LogP contribution in [0.15, 0.2) is 0 Å². The van der Waals surface area contributed by atoms with Gasteiger partial charge in [0.15, 0.2) is 0 Å². The fraction of sp³-hybridized carbons (Fsp3) is 0.909. The van der Waals surface area contributed by atoms with E-state index >= 15 is 0 Å². The van der Waals surface area contributed by atoms with Crippen molar-refractivity contribution in [2.75, 3.05) is 66.1 Å². The van der Waals surface area contributed by atoms with Gasteiger partial charge in [0.1, 0.15) is 13.2 Å². The molecular formula is C22H42O8. The Morgan fingerprint density at radius 1 is 0.533 bits per heavy atom. The zero-order chi connectivity index (χ0) is 22.5. The van der Waals surface area contributed by atoms with Crippen molar-refractivity contribution in [3.63, 3.8) is 0 Å². The van der Waals surface area contributed by atoms with Gasteiger partial charge in [-0.1, -0.05) is 27.7 Å². The Hall–Kier alpha value is -1.22. The van der Waals surface area contributed by atoms with E-state index in [0.717, 1.165) is 26.1 Å². The Kier molecular flexibility index (Phi) is 20.2. The highest BCUT2D eigenvalue weighted by Crippen LogP contribution is 2.15. The lowest BCUT2D eigenvalue weighted by molar-refractivity contribution is -0.152. The highest BCUT2D eigenvalue weighted by molar-refractivity contribution is 5.73. The topological polar surface area (TPSA) is 89.5 Å². The molecule has 0 aromatic rings. The van der Waals surface area contributed by atoms with Crippen LogP contribution in [0, 0.1) is 11.8 Å². The molecule has 178 valence electrons. The lowest BCUT2D eigenvalue weighted by Crippen LogP contribution is -2.21. The second-order valence-electron chi connectivity index (χ2n) is 7.16. The maximum absolute atomic E-state index is 12.0. The minimum Gasteiger partial charge on any atom is -0.463 e. The summed E-state index contributed by atoms with van der Waals surface area (Å²) in [5, 5.41) is 0.